The van der Waals surface area contributed by atoms with Crippen LogP contribution in [0.15, 0.2) is 55.1 Å². The third kappa shape index (κ3) is 6.91. The summed E-state index contributed by atoms with van der Waals surface area (Å²) < 4.78 is 51.1. The van der Waals surface area contributed by atoms with Crippen molar-refractivity contribution in [1.29, 1.82) is 0 Å². The molecule has 4 rings (SSSR count). The van der Waals surface area contributed by atoms with Gasteiger partial charge in [-0.25, -0.2) is 13.8 Å². The Bertz CT molecular complexity index is 1100. The van der Waals surface area contributed by atoms with Gasteiger partial charge in [-0.05, 0) is 29.8 Å². The molecule has 1 aliphatic heterocycles. The van der Waals surface area contributed by atoms with Crippen molar-refractivity contribution in [3.8, 4) is 17.2 Å². The van der Waals surface area contributed by atoms with E-state index in [2.05, 4.69) is 9.88 Å². The van der Waals surface area contributed by atoms with Gasteiger partial charge in [0.05, 0.1) is 33.2 Å². The van der Waals surface area contributed by atoms with Gasteiger partial charge in [-0.1, -0.05) is 6.07 Å². The van der Waals surface area contributed by atoms with E-state index >= 15 is 0 Å². The van der Waals surface area contributed by atoms with E-state index in [0.717, 1.165) is 17.7 Å². The monoisotopic (exact) mass is 489 g/mol. The van der Waals surface area contributed by atoms with Crippen molar-refractivity contribution in [3.63, 3.8) is 0 Å². The Morgan fingerprint density at radius 3 is 2.77 bits per heavy atom. The van der Waals surface area contributed by atoms with E-state index in [4.69, 9.17) is 18.9 Å². The van der Waals surface area contributed by atoms with Crippen molar-refractivity contribution < 1.29 is 32.8 Å². The van der Waals surface area contributed by atoms with Crippen LogP contribution in [0.3, 0.4) is 0 Å². The second-order valence-corrected chi connectivity index (χ2v) is 8.49. The molecule has 8 nitrogen and oxygen atoms in total. The maximum absolute atomic E-state index is 13.5. The van der Waals surface area contributed by atoms with Crippen LogP contribution in [0.5, 0.6) is 17.2 Å². The summed E-state index contributed by atoms with van der Waals surface area (Å²) in [6, 6.07) is 9.00. The van der Waals surface area contributed by atoms with Gasteiger partial charge in [-0.2, -0.15) is 0 Å². The van der Waals surface area contributed by atoms with Crippen LogP contribution in [0.25, 0.3) is 0 Å². The van der Waals surface area contributed by atoms with E-state index in [1.54, 1.807) is 19.6 Å². The smallest absolute Gasteiger partial charge is 0.162 e. The number of aromatic nitrogens is 2. The Kier molecular flexibility index (Phi) is 8.17. The Hall–Kier alpha value is -3.21. The predicted octanol–water partition coefficient (Wildman–Crippen LogP) is 2.89. The molecule has 0 radical (unpaired) electrons. The van der Waals surface area contributed by atoms with Crippen LogP contribution >= 0.6 is 0 Å². The molecule has 2 heterocycles. The first kappa shape index (κ1) is 24.9. The van der Waals surface area contributed by atoms with Crippen molar-refractivity contribution in [2.24, 2.45) is 0 Å². The van der Waals surface area contributed by atoms with Crippen LogP contribution < -0.4 is 14.2 Å². The first-order valence-corrected chi connectivity index (χ1v) is 11.3. The van der Waals surface area contributed by atoms with Gasteiger partial charge >= 0.3 is 0 Å². The number of nitrogens with zero attached hydrogens (tertiary/aromatic N) is 3. The molecule has 0 spiro atoms. The lowest BCUT2D eigenvalue weighted by Crippen LogP contribution is -2.48. The molecule has 1 atom stereocenters. The molecule has 0 saturated carbocycles. The fourth-order valence-electron chi connectivity index (χ4n) is 3.87. The third-order valence-electron chi connectivity index (χ3n) is 5.64. The van der Waals surface area contributed by atoms with E-state index in [-0.39, 0.29) is 25.5 Å². The first-order valence-electron chi connectivity index (χ1n) is 11.3. The number of halogens is 2. The average Bonchev–Trinajstić information content (AvgIpc) is 3.29. The molecule has 1 fully saturated rings. The zero-order valence-electron chi connectivity index (χ0n) is 19.5. The Labute approximate surface area is 202 Å². The zero-order valence-corrected chi connectivity index (χ0v) is 19.5. The van der Waals surface area contributed by atoms with Gasteiger partial charge in [0.25, 0.3) is 0 Å². The summed E-state index contributed by atoms with van der Waals surface area (Å²) in [6.45, 7) is 2.92. The lowest BCUT2D eigenvalue weighted by Gasteiger charge is -2.30. The molecule has 1 unspecified atom stereocenters. The average molecular weight is 490 g/mol. The molecule has 35 heavy (non-hydrogen) atoms. The standard InChI is InChI=1S/C25H29F2N3O5/c1-32-23-5-2-19(12-24(23)34-11-9-29-7-6-28-18-29)14-30-8-10-33-16-25(31,15-30)17-35-20-3-4-21(26)22(27)13-20/h2-7,12-13,18,31H,8-11,14-17H2,1H3. The lowest BCUT2D eigenvalue weighted by molar-refractivity contribution is -0.0647. The number of methoxy groups -OCH3 is 1. The number of benzene rings is 2. The molecular formula is C25H29F2N3O5. The first-order chi connectivity index (χ1) is 16.9. The highest BCUT2D eigenvalue weighted by molar-refractivity contribution is 5.43. The number of β-amino-alcohol motifs (C(OH)–C–C–N with tert-alkyl or cyclic N) is 1. The van der Waals surface area contributed by atoms with Gasteiger partial charge in [-0.3, -0.25) is 4.90 Å². The molecule has 0 bridgehead atoms. The fraction of sp³-hybridized carbons (Fsp3) is 0.400. The van der Waals surface area contributed by atoms with Crippen LogP contribution in [-0.4, -0.2) is 71.8 Å². The third-order valence-corrected chi connectivity index (χ3v) is 5.64. The Morgan fingerprint density at radius 2 is 2.00 bits per heavy atom. The SMILES string of the molecule is COc1ccc(CN2CCOCC(O)(COc3ccc(F)c(F)c3)C2)cc1OCCn1ccnc1. The van der Waals surface area contributed by atoms with Crippen LogP contribution in [0.2, 0.25) is 0 Å². The van der Waals surface area contributed by atoms with E-state index in [0.29, 0.717) is 44.3 Å². The highest BCUT2D eigenvalue weighted by atomic mass is 19.2. The second-order valence-electron chi connectivity index (χ2n) is 8.49. The van der Waals surface area contributed by atoms with Crippen LogP contribution in [0.4, 0.5) is 8.78 Å². The molecule has 3 aromatic rings. The van der Waals surface area contributed by atoms with E-state index in [9.17, 15) is 13.9 Å². The summed E-state index contributed by atoms with van der Waals surface area (Å²) in [5.74, 6) is -0.552. The Balaban J connectivity index is 1.38. The minimum atomic E-state index is -1.32. The van der Waals surface area contributed by atoms with E-state index in [1.807, 2.05) is 29.0 Å². The van der Waals surface area contributed by atoms with Gasteiger partial charge < -0.3 is 28.6 Å². The molecule has 2 aromatic carbocycles. The van der Waals surface area contributed by atoms with Crippen molar-refractivity contribution in [1.82, 2.24) is 14.5 Å². The molecule has 188 valence electrons. The summed E-state index contributed by atoms with van der Waals surface area (Å²) in [4.78, 5) is 6.08. The maximum atomic E-state index is 13.5. The highest BCUT2D eigenvalue weighted by Crippen LogP contribution is 2.29. The molecular weight excluding hydrogens is 460 g/mol. The summed E-state index contributed by atoms with van der Waals surface area (Å²) in [5.41, 5.74) is -0.341. The topological polar surface area (TPSA) is 78.2 Å². The molecule has 1 N–H and O–H groups in total. The maximum Gasteiger partial charge on any atom is 0.162 e. The number of rotatable bonds is 10. The lowest BCUT2D eigenvalue weighted by atomic mass is 10.1. The number of aliphatic hydroxyl groups is 1. The zero-order chi connectivity index (χ0) is 24.7. The quantitative estimate of drug-likeness (QED) is 0.469. The number of hydrogen-bond donors (Lipinski definition) is 1. The summed E-state index contributed by atoms with van der Waals surface area (Å²) in [7, 11) is 1.59. The Morgan fingerprint density at radius 1 is 1.11 bits per heavy atom. The predicted molar refractivity (Wildman–Crippen MR) is 124 cm³/mol. The molecule has 1 aromatic heterocycles. The van der Waals surface area contributed by atoms with Crippen molar-refractivity contribution >= 4 is 0 Å². The van der Waals surface area contributed by atoms with Crippen LogP contribution in [0.1, 0.15) is 5.56 Å². The van der Waals surface area contributed by atoms with Crippen LogP contribution in [0, 0.1) is 11.6 Å². The van der Waals surface area contributed by atoms with Gasteiger partial charge in [0, 0.05) is 38.1 Å². The molecule has 0 amide bonds. The van der Waals surface area contributed by atoms with Crippen molar-refractivity contribution in [2.45, 2.75) is 18.7 Å². The minimum Gasteiger partial charge on any atom is -0.493 e. The van der Waals surface area contributed by atoms with Gasteiger partial charge in [-0.15, -0.1) is 0 Å². The molecule has 10 heteroatoms. The molecule has 1 aliphatic rings. The van der Waals surface area contributed by atoms with Crippen molar-refractivity contribution in [3.05, 3.63) is 72.3 Å². The van der Waals surface area contributed by atoms with Crippen LogP contribution in [-0.2, 0) is 17.8 Å². The van der Waals surface area contributed by atoms with Gasteiger partial charge in [0.1, 0.15) is 24.6 Å². The largest absolute Gasteiger partial charge is 0.493 e. The summed E-state index contributed by atoms with van der Waals surface area (Å²) in [6.07, 6.45) is 5.32. The van der Waals surface area contributed by atoms with E-state index in [1.165, 1.54) is 6.07 Å². The minimum absolute atomic E-state index is 0.0679. The summed E-state index contributed by atoms with van der Waals surface area (Å²) in [5, 5.41) is 11.1. The fourth-order valence-corrected chi connectivity index (χ4v) is 3.87. The number of imidazole rings is 1. The van der Waals surface area contributed by atoms with Crippen molar-refractivity contribution in [2.75, 3.05) is 46.6 Å². The molecule has 0 aliphatic carbocycles. The van der Waals surface area contributed by atoms with Gasteiger partial charge in [0.15, 0.2) is 23.1 Å². The normalized spacial score (nSPS) is 18.7. The molecule has 1 saturated heterocycles. The number of ether oxygens (including phenoxy) is 4. The van der Waals surface area contributed by atoms with Gasteiger partial charge in [0.2, 0.25) is 0 Å². The second kappa shape index (κ2) is 11.5. The van der Waals surface area contributed by atoms with E-state index < -0.39 is 17.2 Å². The number of hydrogen-bond acceptors (Lipinski definition) is 7. The summed E-state index contributed by atoms with van der Waals surface area (Å²) >= 11 is 0. The highest BCUT2D eigenvalue weighted by Gasteiger charge is 2.33.